The van der Waals surface area contributed by atoms with Crippen molar-refractivity contribution in [3.63, 3.8) is 0 Å². The molecule has 0 saturated carbocycles. The monoisotopic (exact) mass is 210 g/mol. The minimum atomic E-state index is -0.0514. The van der Waals surface area contributed by atoms with Crippen LogP contribution >= 0.6 is 0 Å². The number of aromatic nitrogens is 3. The molecule has 1 fully saturated rings. The van der Waals surface area contributed by atoms with Crippen molar-refractivity contribution < 1.29 is 4.74 Å². The molecular formula is C10H18N4O. The third kappa shape index (κ3) is 2.54. The van der Waals surface area contributed by atoms with Crippen molar-refractivity contribution >= 4 is 0 Å². The summed E-state index contributed by atoms with van der Waals surface area (Å²) in [5.41, 5.74) is -0.0514. The van der Waals surface area contributed by atoms with E-state index >= 15 is 0 Å². The zero-order valence-corrected chi connectivity index (χ0v) is 9.36. The fraction of sp³-hybridized carbons (Fsp3) is 0.800. The standard InChI is InChI=1S/C10H18N4O/c1-10(4-3-5-11-7-10)15-6-9-12-8-13-14(9)2/h8,11H,3-7H2,1-2H3. The minimum Gasteiger partial charge on any atom is -0.366 e. The maximum absolute atomic E-state index is 5.91. The summed E-state index contributed by atoms with van der Waals surface area (Å²) in [6.45, 7) is 4.71. The molecule has 15 heavy (non-hydrogen) atoms. The molecule has 2 rings (SSSR count). The van der Waals surface area contributed by atoms with Gasteiger partial charge in [-0.15, -0.1) is 0 Å². The Morgan fingerprint density at radius 2 is 2.53 bits per heavy atom. The van der Waals surface area contributed by atoms with Gasteiger partial charge in [-0.25, -0.2) is 4.98 Å². The summed E-state index contributed by atoms with van der Waals surface area (Å²) in [7, 11) is 1.88. The quantitative estimate of drug-likeness (QED) is 0.788. The molecule has 84 valence electrons. The van der Waals surface area contributed by atoms with Gasteiger partial charge < -0.3 is 10.1 Å². The highest BCUT2D eigenvalue weighted by Gasteiger charge is 2.27. The van der Waals surface area contributed by atoms with E-state index in [4.69, 9.17) is 4.74 Å². The van der Waals surface area contributed by atoms with E-state index < -0.39 is 0 Å². The Morgan fingerprint density at radius 1 is 1.67 bits per heavy atom. The average molecular weight is 210 g/mol. The molecule has 0 radical (unpaired) electrons. The summed E-state index contributed by atoms with van der Waals surface area (Å²) in [6.07, 6.45) is 3.84. The van der Waals surface area contributed by atoms with Crippen molar-refractivity contribution in [1.82, 2.24) is 20.1 Å². The molecule has 1 unspecified atom stereocenters. The molecule has 0 aromatic carbocycles. The highest BCUT2D eigenvalue weighted by Crippen LogP contribution is 2.21. The van der Waals surface area contributed by atoms with Crippen molar-refractivity contribution in [2.75, 3.05) is 13.1 Å². The second-order valence-electron chi connectivity index (χ2n) is 4.32. The predicted octanol–water partition coefficient (Wildman–Crippen LogP) is 0.474. The average Bonchev–Trinajstić information content (AvgIpc) is 2.62. The van der Waals surface area contributed by atoms with Crippen molar-refractivity contribution in [3.05, 3.63) is 12.2 Å². The van der Waals surface area contributed by atoms with Gasteiger partial charge >= 0.3 is 0 Å². The number of piperidine rings is 1. The van der Waals surface area contributed by atoms with Crippen LogP contribution in [0.3, 0.4) is 0 Å². The van der Waals surface area contributed by atoms with Gasteiger partial charge in [0.2, 0.25) is 0 Å². The Bertz CT molecular complexity index is 317. The van der Waals surface area contributed by atoms with E-state index in [0.29, 0.717) is 6.61 Å². The van der Waals surface area contributed by atoms with Gasteiger partial charge in [-0.2, -0.15) is 5.10 Å². The van der Waals surface area contributed by atoms with Gasteiger partial charge in [0.05, 0.1) is 5.60 Å². The van der Waals surface area contributed by atoms with Crippen LogP contribution in [0.15, 0.2) is 6.33 Å². The lowest BCUT2D eigenvalue weighted by atomic mass is 9.96. The predicted molar refractivity (Wildman–Crippen MR) is 56.3 cm³/mol. The number of hydrogen-bond acceptors (Lipinski definition) is 4. The van der Waals surface area contributed by atoms with Crippen molar-refractivity contribution in [3.8, 4) is 0 Å². The second-order valence-corrected chi connectivity index (χ2v) is 4.32. The van der Waals surface area contributed by atoms with E-state index in [0.717, 1.165) is 25.3 Å². The fourth-order valence-corrected chi connectivity index (χ4v) is 1.84. The summed E-state index contributed by atoms with van der Waals surface area (Å²) in [4.78, 5) is 4.14. The van der Waals surface area contributed by atoms with Gasteiger partial charge in [-0.3, -0.25) is 4.68 Å². The van der Waals surface area contributed by atoms with E-state index in [1.54, 1.807) is 11.0 Å². The van der Waals surface area contributed by atoms with Crippen LogP contribution in [0.1, 0.15) is 25.6 Å². The molecule has 1 aliphatic rings. The van der Waals surface area contributed by atoms with Crippen LogP contribution in [0.4, 0.5) is 0 Å². The van der Waals surface area contributed by atoms with Crippen molar-refractivity contribution in [1.29, 1.82) is 0 Å². The lowest BCUT2D eigenvalue weighted by molar-refractivity contribution is -0.0604. The Labute approximate surface area is 89.8 Å². The van der Waals surface area contributed by atoms with E-state index in [9.17, 15) is 0 Å². The zero-order valence-electron chi connectivity index (χ0n) is 9.36. The maximum atomic E-state index is 5.91. The molecule has 5 heteroatoms. The molecule has 0 bridgehead atoms. The molecule has 0 aliphatic carbocycles. The van der Waals surface area contributed by atoms with E-state index in [-0.39, 0.29) is 5.60 Å². The molecule has 5 nitrogen and oxygen atoms in total. The highest BCUT2D eigenvalue weighted by molar-refractivity contribution is 4.86. The van der Waals surface area contributed by atoms with Crippen LogP contribution in [-0.2, 0) is 18.4 Å². The van der Waals surface area contributed by atoms with E-state index in [1.165, 1.54) is 6.42 Å². The first-order valence-corrected chi connectivity index (χ1v) is 5.37. The first-order valence-electron chi connectivity index (χ1n) is 5.37. The Hall–Kier alpha value is -0.940. The van der Waals surface area contributed by atoms with Crippen LogP contribution in [-0.4, -0.2) is 33.5 Å². The molecule has 1 saturated heterocycles. The summed E-state index contributed by atoms with van der Waals surface area (Å²) < 4.78 is 7.66. The summed E-state index contributed by atoms with van der Waals surface area (Å²) in [6, 6.07) is 0. The lowest BCUT2D eigenvalue weighted by Gasteiger charge is -2.33. The summed E-state index contributed by atoms with van der Waals surface area (Å²) in [5, 5.41) is 7.37. The van der Waals surface area contributed by atoms with Crippen molar-refractivity contribution in [2.24, 2.45) is 7.05 Å². The minimum absolute atomic E-state index is 0.0514. The molecule has 1 atom stereocenters. The van der Waals surface area contributed by atoms with Gasteiger partial charge in [-0.05, 0) is 26.3 Å². The molecule has 0 amide bonds. The number of rotatable bonds is 3. The Morgan fingerprint density at radius 3 is 3.13 bits per heavy atom. The third-order valence-corrected chi connectivity index (χ3v) is 2.91. The maximum Gasteiger partial charge on any atom is 0.152 e. The topological polar surface area (TPSA) is 52.0 Å². The molecule has 1 aromatic heterocycles. The zero-order chi connectivity index (χ0) is 10.7. The Balaban J connectivity index is 1.89. The summed E-state index contributed by atoms with van der Waals surface area (Å²) >= 11 is 0. The number of nitrogens with one attached hydrogen (secondary N) is 1. The van der Waals surface area contributed by atoms with Gasteiger partial charge in [0.1, 0.15) is 12.9 Å². The van der Waals surface area contributed by atoms with Gasteiger partial charge in [0.15, 0.2) is 5.82 Å². The van der Waals surface area contributed by atoms with Crippen LogP contribution in [0.5, 0.6) is 0 Å². The molecule has 1 aliphatic heterocycles. The highest BCUT2D eigenvalue weighted by atomic mass is 16.5. The molecule has 1 N–H and O–H groups in total. The van der Waals surface area contributed by atoms with Gasteiger partial charge in [0.25, 0.3) is 0 Å². The number of hydrogen-bond donors (Lipinski definition) is 1. The van der Waals surface area contributed by atoms with Crippen LogP contribution in [0.25, 0.3) is 0 Å². The second kappa shape index (κ2) is 4.28. The fourth-order valence-electron chi connectivity index (χ4n) is 1.84. The normalized spacial score (nSPS) is 26.8. The first-order chi connectivity index (χ1) is 7.20. The Kier molecular flexibility index (Phi) is 3.02. The van der Waals surface area contributed by atoms with E-state index in [1.807, 2.05) is 7.05 Å². The lowest BCUT2D eigenvalue weighted by Crippen LogP contribution is -2.45. The molecule has 1 aromatic rings. The van der Waals surface area contributed by atoms with Crippen LogP contribution in [0.2, 0.25) is 0 Å². The van der Waals surface area contributed by atoms with E-state index in [2.05, 4.69) is 22.3 Å². The molecular weight excluding hydrogens is 192 g/mol. The number of nitrogens with zero attached hydrogens (tertiary/aromatic N) is 3. The van der Waals surface area contributed by atoms with Crippen molar-refractivity contribution in [2.45, 2.75) is 32.0 Å². The van der Waals surface area contributed by atoms with Gasteiger partial charge in [-0.1, -0.05) is 0 Å². The summed E-state index contributed by atoms with van der Waals surface area (Å²) in [5.74, 6) is 0.877. The SMILES string of the molecule is Cn1ncnc1COC1(C)CCCNC1. The van der Waals surface area contributed by atoms with Crippen LogP contribution < -0.4 is 5.32 Å². The number of ether oxygens (including phenoxy) is 1. The van der Waals surface area contributed by atoms with Gasteiger partial charge in [0, 0.05) is 13.6 Å². The number of aryl methyl sites for hydroxylation is 1. The first kappa shape index (κ1) is 10.6. The van der Waals surface area contributed by atoms with Crippen LogP contribution in [0, 0.1) is 0 Å². The third-order valence-electron chi connectivity index (χ3n) is 2.91. The largest absolute Gasteiger partial charge is 0.366 e. The smallest absolute Gasteiger partial charge is 0.152 e. The molecule has 2 heterocycles. The molecule has 0 spiro atoms.